The Hall–Kier alpha value is -2.39. The first kappa shape index (κ1) is 18.4. The molecule has 0 radical (unpaired) electrons. The molecule has 0 aliphatic heterocycles. The zero-order valence-corrected chi connectivity index (χ0v) is 15.0. The minimum absolute atomic E-state index is 0.176. The molecule has 0 amide bonds. The first-order valence-electron chi connectivity index (χ1n) is 7.30. The van der Waals surface area contributed by atoms with E-state index in [2.05, 4.69) is 4.98 Å². The third-order valence-electron chi connectivity index (χ3n) is 3.67. The lowest BCUT2D eigenvalue weighted by Gasteiger charge is -2.08. The number of benzene rings is 2. The van der Waals surface area contributed by atoms with E-state index in [4.69, 9.17) is 5.73 Å². The van der Waals surface area contributed by atoms with Gasteiger partial charge < -0.3 is 5.73 Å². The van der Waals surface area contributed by atoms with E-state index in [0.717, 1.165) is 18.4 Å². The number of nitrogen functional groups attached to an aromatic ring is 1. The number of nitrogens with zero attached hydrogens (tertiary/aromatic N) is 1. The lowest BCUT2D eigenvalue weighted by Crippen LogP contribution is -2.04. The van der Waals surface area contributed by atoms with E-state index in [1.54, 1.807) is 12.1 Å². The van der Waals surface area contributed by atoms with Crippen LogP contribution in [-0.4, -0.2) is 19.7 Å². The summed E-state index contributed by atoms with van der Waals surface area (Å²) in [7, 11) is -3.32. The van der Waals surface area contributed by atoms with Crippen LogP contribution in [0.15, 0.2) is 53.4 Å². The van der Waals surface area contributed by atoms with E-state index in [1.807, 2.05) is 0 Å². The lowest BCUT2D eigenvalue weighted by atomic mass is 10.1. The van der Waals surface area contributed by atoms with Gasteiger partial charge in [0.2, 0.25) is 0 Å². The van der Waals surface area contributed by atoms with Crippen LogP contribution in [0.25, 0.3) is 21.7 Å². The van der Waals surface area contributed by atoms with Crippen LogP contribution in [0.3, 0.4) is 0 Å². The average Bonchev–Trinajstić information content (AvgIpc) is 2.95. The fourth-order valence-electron chi connectivity index (χ4n) is 2.40. The molecule has 3 aromatic rings. The van der Waals surface area contributed by atoms with E-state index < -0.39 is 21.6 Å². The molecule has 1 heterocycles. The number of rotatable bonds is 3. The number of sulfone groups is 1. The number of alkyl halides is 3. The number of hydrogen-bond donors (Lipinski definition) is 1. The SMILES string of the molecule is CS(=O)(=O)c1ccc(-c2sc(N)nc2-c2ccc(C(F)(F)F)cc2)cc1. The highest BCUT2D eigenvalue weighted by Gasteiger charge is 2.30. The highest BCUT2D eigenvalue weighted by molar-refractivity contribution is 7.90. The minimum Gasteiger partial charge on any atom is -0.375 e. The molecule has 2 aromatic carbocycles. The average molecular weight is 398 g/mol. The fourth-order valence-corrected chi connectivity index (χ4v) is 3.89. The van der Waals surface area contributed by atoms with Gasteiger partial charge in [-0.3, -0.25) is 0 Å². The van der Waals surface area contributed by atoms with E-state index in [-0.39, 0.29) is 10.0 Å². The van der Waals surface area contributed by atoms with Gasteiger partial charge >= 0.3 is 6.18 Å². The minimum atomic E-state index is -4.41. The van der Waals surface area contributed by atoms with E-state index in [0.29, 0.717) is 21.7 Å². The molecule has 9 heteroatoms. The molecule has 2 N–H and O–H groups in total. The maximum atomic E-state index is 12.7. The van der Waals surface area contributed by atoms with Gasteiger partial charge in [0.25, 0.3) is 0 Å². The van der Waals surface area contributed by atoms with Crippen molar-refractivity contribution < 1.29 is 21.6 Å². The van der Waals surface area contributed by atoms with Crippen molar-refractivity contribution >= 4 is 26.3 Å². The van der Waals surface area contributed by atoms with Gasteiger partial charge in [-0.15, -0.1) is 0 Å². The fraction of sp³-hybridized carbons (Fsp3) is 0.118. The summed E-state index contributed by atoms with van der Waals surface area (Å²) >= 11 is 1.18. The second kappa shape index (κ2) is 6.40. The van der Waals surface area contributed by atoms with Crippen molar-refractivity contribution in [1.82, 2.24) is 4.98 Å². The van der Waals surface area contributed by atoms with Crippen LogP contribution in [0.2, 0.25) is 0 Å². The Kier molecular flexibility index (Phi) is 4.53. The van der Waals surface area contributed by atoms with Gasteiger partial charge in [-0.05, 0) is 29.8 Å². The quantitative estimate of drug-likeness (QED) is 0.706. The van der Waals surface area contributed by atoms with Crippen molar-refractivity contribution in [3.63, 3.8) is 0 Å². The molecule has 0 aliphatic rings. The first-order valence-corrected chi connectivity index (χ1v) is 10.0. The molecule has 0 unspecified atom stereocenters. The van der Waals surface area contributed by atoms with E-state index in [9.17, 15) is 21.6 Å². The monoisotopic (exact) mass is 398 g/mol. The largest absolute Gasteiger partial charge is 0.416 e. The molecule has 0 fully saturated rings. The Balaban J connectivity index is 2.04. The molecule has 0 spiro atoms. The van der Waals surface area contributed by atoms with Crippen LogP contribution in [-0.2, 0) is 16.0 Å². The molecule has 3 rings (SSSR count). The number of thiazole rings is 1. The highest BCUT2D eigenvalue weighted by atomic mass is 32.2. The van der Waals surface area contributed by atoms with Gasteiger partial charge in [-0.25, -0.2) is 13.4 Å². The summed E-state index contributed by atoms with van der Waals surface area (Å²) in [6, 6.07) is 10.8. The molecule has 0 aliphatic carbocycles. The molecule has 0 bridgehead atoms. The summed E-state index contributed by atoms with van der Waals surface area (Å²) in [6.07, 6.45) is -3.30. The maximum absolute atomic E-state index is 12.7. The van der Waals surface area contributed by atoms with Crippen LogP contribution in [0.5, 0.6) is 0 Å². The summed E-state index contributed by atoms with van der Waals surface area (Å²) in [5.74, 6) is 0. The Morgan fingerprint density at radius 2 is 1.50 bits per heavy atom. The van der Waals surface area contributed by atoms with Crippen LogP contribution in [0.4, 0.5) is 18.3 Å². The van der Waals surface area contributed by atoms with Gasteiger partial charge in [-0.1, -0.05) is 35.6 Å². The normalized spacial score (nSPS) is 12.3. The predicted molar refractivity (Wildman–Crippen MR) is 95.5 cm³/mol. The van der Waals surface area contributed by atoms with E-state index >= 15 is 0 Å². The van der Waals surface area contributed by atoms with Crippen molar-refractivity contribution in [2.45, 2.75) is 11.1 Å². The standard InChI is InChI=1S/C17H13F3N2O2S2/c1-26(23,24)13-8-4-11(5-9-13)15-14(22-16(21)25-15)10-2-6-12(7-3-10)17(18,19)20/h2-9H,1H3,(H2,21,22). The van der Waals surface area contributed by atoms with Crippen LogP contribution in [0, 0.1) is 0 Å². The van der Waals surface area contributed by atoms with Gasteiger partial charge in [0.15, 0.2) is 15.0 Å². The van der Waals surface area contributed by atoms with Gasteiger partial charge in [0.1, 0.15) is 0 Å². The van der Waals surface area contributed by atoms with Crippen LogP contribution in [0.1, 0.15) is 5.56 Å². The van der Waals surface area contributed by atoms with Crippen LogP contribution >= 0.6 is 11.3 Å². The molecule has 26 heavy (non-hydrogen) atoms. The molecular formula is C17H13F3N2O2S2. The highest BCUT2D eigenvalue weighted by Crippen LogP contribution is 2.39. The number of halogens is 3. The summed E-state index contributed by atoms with van der Waals surface area (Å²) in [6.45, 7) is 0. The molecule has 0 saturated carbocycles. The first-order chi connectivity index (χ1) is 12.1. The second-order valence-electron chi connectivity index (χ2n) is 5.60. The van der Waals surface area contributed by atoms with Gasteiger partial charge in [0.05, 0.1) is 21.0 Å². The summed E-state index contributed by atoms with van der Waals surface area (Å²) < 4.78 is 61.3. The zero-order valence-electron chi connectivity index (χ0n) is 13.4. The molecule has 0 saturated heterocycles. The van der Waals surface area contributed by atoms with Gasteiger partial charge in [0, 0.05) is 11.8 Å². The zero-order chi connectivity index (χ0) is 19.1. The summed E-state index contributed by atoms with van der Waals surface area (Å²) in [5.41, 5.74) is 6.66. The van der Waals surface area contributed by atoms with Crippen molar-refractivity contribution in [1.29, 1.82) is 0 Å². The van der Waals surface area contributed by atoms with Gasteiger partial charge in [-0.2, -0.15) is 13.2 Å². The van der Waals surface area contributed by atoms with Crippen molar-refractivity contribution in [3.05, 3.63) is 54.1 Å². The Morgan fingerprint density at radius 1 is 0.962 bits per heavy atom. The Labute approximate surface area is 152 Å². The van der Waals surface area contributed by atoms with E-state index in [1.165, 1.54) is 35.6 Å². The molecule has 0 atom stereocenters. The molecule has 136 valence electrons. The second-order valence-corrected chi connectivity index (χ2v) is 8.65. The van der Waals surface area contributed by atoms with Crippen LogP contribution < -0.4 is 5.73 Å². The maximum Gasteiger partial charge on any atom is 0.416 e. The topological polar surface area (TPSA) is 73.0 Å². The van der Waals surface area contributed by atoms with Crippen molar-refractivity contribution in [2.24, 2.45) is 0 Å². The Morgan fingerprint density at radius 3 is 2.00 bits per heavy atom. The third kappa shape index (κ3) is 3.73. The number of hydrogen-bond acceptors (Lipinski definition) is 5. The number of aromatic nitrogens is 1. The summed E-state index contributed by atoms with van der Waals surface area (Å²) in [4.78, 5) is 5.05. The third-order valence-corrected chi connectivity index (χ3v) is 5.74. The van der Waals surface area contributed by atoms with Crippen molar-refractivity contribution in [2.75, 3.05) is 12.0 Å². The molecular weight excluding hydrogens is 385 g/mol. The van der Waals surface area contributed by atoms with Crippen molar-refractivity contribution in [3.8, 4) is 21.7 Å². The molecule has 1 aromatic heterocycles. The Bertz CT molecular complexity index is 1040. The smallest absolute Gasteiger partial charge is 0.375 e. The summed E-state index contributed by atoms with van der Waals surface area (Å²) in [5, 5.41) is 0.266. The number of nitrogens with two attached hydrogens (primary N) is 1. The number of anilines is 1. The predicted octanol–water partition coefficient (Wildman–Crippen LogP) is 4.48. The molecule has 4 nitrogen and oxygen atoms in total. The lowest BCUT2D eigenvalue weighted by molar-refractivity contribution is -0.137.